The average Bonchev–Trinajstić information content (AvgIpc) is 3.20. The number of aromatic nitrogens is 1. The number of hydrogen-bond donors (Lipinski definition) is 3. The second kappa shape index (κ2) is 11.1. The van der Waals surface area contributed by atoms with Crippen LogP contribution in [0.2, 0.25) is 0 Å². The molecule has 3 amide bonds. The number of amides is 3. The first-order chi connectivity index (χ1) is 14.8. The second-order valence-corrected chi connectivity index (χ2v) is 10.5. The van der Waals surface area contributed by atoms with Gasteiger partial charge in [0.05, 0.1) is 0 Å². The molecule has 3 N–H and O–H groups in total. The highest BCUT2D eigenvalue weighted by Gasteiger charge is 2.37. The molecule has 8 heteroatoms. The van der Waals surface area contributed by atoms with E-state index < -0.39 is 0 Å². The predicted octanol–water partition coefficient (Wildman–Crippen LogP) is 4.01. The monoisotopic (exact) mass is 448 g/mol. The minimum atomic E-state index is -0.285. The zero-order chi connectivity index (χ0) is 22.3. The van der Waals surface area contributed by atoms with E-state index in [1.165, 1.54) is 11.3 Å². The molecule has 1 aromatic rings. The molecule has 2 saturated carbocycles. The van der Waals surface area contributed by atoms with Crippen LogP contribution in [0.1, 0.15) is 84.5 Å². The van der Waals surface area contributed by atoms with Crippen LogP contribution in [0.3, 0.4) is 0 Å². The Hall–Kier alpha value is -1.96. The third-order valence-electron chi connectivity index (χ3n) is 6.51. The molecular formula is C23H36N4O3S. The first-order valence-electron chi connectivity index (χ1n) is 11.6. The van der Waals surface area contributed by atoms with Crippen molar-refractivity contribution in [2.75, 3.05) is 5.32 Å². The number of carbonyl (C=O) groups is 3. The van der Waals surface area contributed by atoms with Crippen molar-refractivity contribution in [1.82, 2.24) is 15.6 Å². The highest BCUT2D eigenvalue weighted by Crippen LogP contribution is 2.42. The zero-order valence-corrected chi connectivity index (χ0v) is 19.6. The lowest BCUT2D eigenvalue weighted by Gasteiger charge is -2.37. The van der Waals surface area contributed by atoms with Crippen LogP contribution in [0.4, 0.5) is 5.13 Å². The lowest BCUT2D eigenvalue weighted by atomic mass is 9.69. The first kappa shape index (κ1) is 23.7. The molecule has 0 radical (unpaired) electrons. The van der Waals surface area contributed by atoms with Gasteiger partial charge in [-0.1, -0.05) is 25.7 Å². The predicted molar refractivity (Wildman–Crippen MR) is 123 cm³/mol. The Bertz CT molecular complexity index is 744. The maximum absolute atomic E-state index is 13.0. The quantitative estimate of drug-likeness (QED) is 0.559. The second-order valence-electron chi connectivity index (χ2n) is 9.59. The van der Waals surface area contributed by atoms with Crippen LogP contribution >= 0.6 is 11.3 Å². The van der Waals surface area contributed by atoms with Gasteiger partial charge in [-0.2, -0.15) is 0 Å². The summed E-state index contributed by atoms with van der Waals surface area (Å²) < 4.78 is 0. The molecule has 2 unspecified atom stereocenters. The van der Waals surface area contributed by atoms with E-state index in [9.17, 15) is 14.4 Å². The van der Waals surface area contributed by atoms with E-state index in [1.54, 1.807) is 6.20 Å². The largest absolute Gasteiger partial charge is 0.354 e. The number of rotatable bonds is 8. The molecule has 3 rings (SSSR count). The summed E-state index contributed by atoms with van der Waals surface area (Å²) in [4.78, 5) is 42.1. The van der Waals surface area contributed by atoms with Gasteiger partial charge >= 0.3 is 0 Å². The maximum Gasteiger partial charge on any atom is 0.226 e. The fourth-order valence-electron chi connectivity index (χ4n) is 5.09. The summed E-state index contributed by atoms with van der Waals surface area (Å²) in [5, 5.41) is 11.5. The van der Waals surface area contributed by atoms with Crippen LogP contribution in [-0.4, -0.2) is 34.8 Å². The van der Waals surface area contributed by atoms with E-state index in [1.807, 2.05) is 19.2 Å². The Labute approximate surface area is 189 Å². The summed E-state index contributed by atoms with van der Waals surface area (Å²) in [5.74, 6) is 0.0114. The fourth-order valence-corrected chi connectivity index (χ4v) is 5.63. The van der Waals surface area contributed by atoms with Crippen LogP contribution in [0, 0.1) is 11.3 Å². The van der Waals surface area contributed by atoms with Crippen molar-refractivity contribution in [3.05, 3.63) is 11.6 Å². The summed E-state index contributed by atoms with van der Waals surface area (Å²) in [7, 11) is 0. The Morgan fingerprint density at radius 3 is 2.52 bits per heavy atom. The molecule has 2 aliphatic carbocycles. The molecule has 7 nitrogen and oxygen atoms in total. The Morgan fingerprint density at radius 1 is 1.10 bits per heavy atom. The molecule has 2 atom stereocenters. The van der Waals surface area contributed by atoms with Gasteiger partial charge in [-0.3, -0.25) is 14.4 Å². The van der Waals surface area contributed by atoms with Gasteiger partial charge in [0, 0.05) is 42.4 Å². The van der Waals surface area contributed by atoms with Crippen LogP contribution < -0.4 is 16.0 Å². The lowest BCUT2D eigenvalue weighted by molar-refractivity contribution is -0.129. The molecule has 172 valence electrons. The third kappa shape index (κ3) is 7.30. The topological polar surface area (TPSA) is 100 Å². The van der Waals surface area contributed by atoms with Gasteiger partial charge in [0.1, 0.15) is 0 Å². The van der Waals surface area contributed by atoms with Gasteiger partial charge in [0.25, 0.3) is 0 Å². The van der Waals surface area contributed by atoms with Crippen LogP contribution in [0.25, 0.3) is 0 Å². The number of anilines is 1. The van der Waals surface area contributed by atoms with Crippen LogP contribution in [-0.2, 0) is 14.4 Å². The highest BCUT2D eigenvalue weighted by molar-refractivity contribution is 7.13. The molecule has 0 aliphatic heterocycles. The molecule has 2 fully saturated rings. The number of thiazole rings is 1. The number of nitrogens with zero attached hydrogens (tertiary/aromatic N) is 1. The van der Waals surface area contributed by atoms with E-state index in [0.717, 1.165) is 51.4 Å². The van der Waals surface area contributed by atoms with Crippen molar-refractivity contribution in [3.8, 4) is 0 Å². The first-order valence-corrected chi connectivity index (χ1v) is 12.5. The summed E-state index contributed by atoms with van der Waals surface area (Å²) in [5.41, 5.74) is -0.285. The van der Waals surface area contributed by atoms with Gasteiger partial charge < -0.3 is 16.0 Å². The van der Waals surface area contributed by atoms with Crippen LogP contribution in [0.15, 0.2) is 11.6 Å². The van der Waals surface area contributed by atoms with Crippen molar-refractivity contribution in [2.24, 2.45) is 11.3 Å². The zero-order valence-electron chi connectivity index (χ0n) is 18.7. The van der Waals surface area contributed by atoms with Crippen molar-refractivity contribution in [2.45, 2.75) is 96.6 Å². The van der Waals surface area contributed by atoms with E-state index >= 15 is 0 Å². The summed E-state index contributed by atoms with van der Waals surface area (Å²) in [6, 6.07) is 0.165. The summed E-state index contributed by atoms with van der Waals surface area (Å²) >= 11 is 1.40. The van der Waals surface area contributed by atoms with E-state index in [0.29, 0.717) is 24.4 Å². The van der Waals surface area contributed by atoms with Gasteiger partial charge in [0.15, 0.2) is 5.13 Å². The Morgan fingerprint density at radius 2 is 1.84 bits per heavy atom. The van der Waals surface area contributed by atoms with Crippen molar-refractivity contribution < 1.29 is 14.4 Å². The number of hydrogen-bond acceptors (Lipinski definition) is 5. The average molecular weight is 449 g/mol. The standard InChI is InChI=1S/C23H36N4O3S/c1-16(2)25-21(30)17-7-6-8-18(13-17)26-19(28)14-23(9-4-3-5-10-23)15-20(29)27-22-24-11-12-31-22/h11-12,16-18H,3-10,13-15H2,1-2H3,(H,25,30)(H,26,28)(H,24,27,29). The van der Waals surface area contributed by atoms with Gasteiger partial charge in [-0.25, -0.2) is 4.98 Å². The Kier molecular flexibility index (Phi) is 8.46. The summed E-state index contributed by atoms with van der Waals surface area (Å²) in [6.07, 6.45) is 10.9. The summed E-state index contributed by atoms with van der Waals surface area (Å²) in [6.45, 7) is 3.93. The van der Waals surface area contributed by atoms with Crippen LogP contribution in [0.5, 0.6) is 0 Å². The molecule has 1 heterocycles. The lowest BCUT2D eigenvalue weighted by Crippen LogP contribution is -2.45. The molecule has 0 saturated heterocycles. The maximum atomic E-state index is 13.0. The molecule has 0 aromatic carbocycles. The van der Waals surface area contributed by atoms with Crippen molar-refractivity contribution in [1.29, 1.82) is 0 Å². The highest BCUT2D eigenvalue weighted by atomic mass is 32.1. The number of carbonyl (C=O) groups excluding carboxylic acids is 3. The molecule has 31 heavy (non-hydrogen) atoms. The van der Waals surface area contributed by atoms with E-state index in [2.05, 4.69) is 20.9 Å². The van der Waals surface area contributed by atoms with Gasteiger partial charge in [-0.15, -0.1) is 11.3 Å². The fraction of sp³-hybridized carbons (Fsp3) is 0.739. The minimum Gasteiger partial charge on any atom is -0.354 e. The molecular weight excluding hydrogens is 412 g/mol. The minimum absolute atomic E-state index is 0.0128. The van der Waals surface area contributed by atoms with E-state index in [-0.39, 0.29) is 41.1 Å². The smallest absolute Gasteiger partial charge is 0.226 e. The number of nitrogens with one attached hydrogen (secondary N) is 3. The SMILES string of the molecule is CC(C)NC(=O)C1CCCC(NC(=O)CC2(CC(=O)Nc3nccs3)CCCCC2)C1. The van der Waals surface area contributed by atoms with Crippen molar-refractivity contribution >= 4 is 34.2 Å². The third-order valence-corrected chi connectivity index (χ3v) is 7.19. The molecule has 2 aliphatic rings. The van der Waals surface area contributed by atoms with Crippen molar-refractivity contribution in [3.63, 3.8) is 0 Å². The molecule has 0 spiro atoms. The molecule has 0 bridgehead atoms. The van der Waals surface area contributed by atoms with Gasteiger partial charge in [-0.05, 0) is 51.4 Å². The van der Waals surface area contributed by atoms with E-state index in [4.69, 9.17) is 0 Å². The molecule has 1 aromatic heterocycles. The Balaban J connectivity index is 1.55. The van der Waals surface area contributed by atoms with Gasteiger partial charge in [0.2, 0.25) is 17.7 Å². The normalized spacial score (nSPS) is 23.2.